The van der Waals surface area contributed by atoms with Crippen LogP contribution in [0.4, 0.5) is 17.1 Å². The van der Waals surface area contributed by atoms with Gasteiger partial charge in [0, 0.05) is 32.7 Å². The number of fused-ring (bicyclic) bond motifs is 12. The molecular formula is C51H27NO. The molecule has 2 heteroatoms. The zero-order chi connectivity index (χ0) is 34.2. The third-order valence-electron chi connectivity index (χ3n) is 12.9. The number of anilines is 3. The number of para-hydroxylation sites is 1. The molecule has 14 rings (SSSR count). The molecule has 9 aromatic carbocycles. The fourth-order valence-electron chi connectivity index (χ4n) is 11.0. The monoisotopic (exact) mass is 669 g/mol. The van der Waals surface area contributed by atoms with Gasteiger partial charge in [-0.2, -0.15) is 0 Å². The maximum Gasteiger partial charge on any atom is 0.136 e. The van der Waals surface area contributed by atoms with Crippen molar-refractivity contribution in [3.05, 3.63) is 186 Å². The fraction of sp³-hybridized carbons (Fsp3) is 0.0196. The Morgan fingerprint density at radius 2 is 0.887 bits per heavy atom. The number of rotatable bonds is 1. The van der Waals surface area contributed by atoms with E-state index in [1.54, 1.807) is 0 Å². The molecular weight excluding hydrogens is 643 g/mol. The Balaban J connectivity index is 1.20. The summed E-state index contributed by atoms with van der Waals surface area (Å²) in [4.78, 5) is 2.67. The molecule has 0 saturated carbocycles. The molecule has 0 bridgehead atoms. The van der Waals surface area contributed by atoms with Crippen LogP contribution < -0.4 is 4.90 Å². The molecule has 1 spiro atoms. The van der Waals surface area contributed by atoms with Crippen LogP contribution in [-0.2, 0) is 5.41 Å². The average molecular weight is 670 g/mol. The molecule has 0 amide bonds. The van der Waals surface area contributed by atoms with Crippen molar-refractivity contribution in [2.75, 3.05) is 4.90 Å². The van der Waals surface area contributed by atoms with Crippen molar-refractivity contribution < 1.29 is 4.42 Å². The summed E-state index contributed by atoms with van der Waals surface area (Å²) < 4.78 is 6.41. The molecule has 2 nitrogen and oxygen atoms in total. The zero-order valence-corrected chi connectivity index (χ0v) is 28.4. The van der Waals surface area contributed by atoms with E-state index in [2.05, 4.69) is 169 Å². The zero-order valence-electron chi connectivity index (χ0n) is 28.4. The van der Waals surface area contributed by atoms with E-state index in [-0.39, 0.29) is 0 Å². The van der Waals surface area contributed by atoms with Gasteiger partial charge in [0.2, 0.25) is 0 Å². The average Bonchev–Trinajstić information content (AvgIpc) is 3.74. The molecule has 0 fully saturated rings. The fourth-order valence-corrected chi connectivity index (χ4v) is 11.0. The summed E-state index contributed by atoms with van der Waals surface area (Å²) in [6.45, 7) is 0. The van der Waals surface area contributed by atoms with Gasteiger partial charge in [-0.25, -0.2) is 0 Å². The number of hydrogen-bond donors (Lipinski definition) is 0. The summed E-state index contributed by atoms with van der Waals surface area (Å²) in [5.41, 5.74) is 21.0. The van der Waals surface area contributed by atoms with Gasteiger partial charge in [-0.05, 0) is 90.7 Å². The Labute approximate surface area is 304 Å². The second kappa shape index (κ2) is 8.93. The Hall–Kier alpha value is -6.90. The lowest BCUT2D eigenvalue weighted by atomic mass is 9.62. The van der Waals surface area contributed by atoms with Gasteiger partial charge in [0.15, 0.2) is 0 Å². The van der Waals surface area contributed by atoms with Crippen molar-refractivity contribution in [3.8, 4) is 44.5 Å². The molecule has 1 aliphatic carbocycles. The van der Waals surface area contributed by atoms with Crippen molar-refractivity contribution >= 4 is 60.5 Å². The number of furan rings is 1. The number of nitrogens with zero attached hydrogens (tertiary/aromatic N) is 1. The molecule has 1 aromatic heterocycles. The van der Waals surface area contributed by atoms with Crippen LogP contribution in [0.1, 0.15) is 22.3 Å². The van der Waals surface area contributed by atoms with Crippen LogP contribution in [0.5, 0.6) is 0 Å². The van der Waals surface area contributed by atoms with E-state index < -0.39 is 5.41 Å². The summed E-state index contributed by atoms with van der Waals surface area (Å²) in [7, 11) is 0. The SMILES string of the molecule is c1ccc2c(c1)-c1ccccc1C21c2ccc3cccc4c3c2N2c3c-4cc(-c4cccc5oc6ccccc6c45)cc3-c3cccc4ccc1c2c34. The molecule has 4 aliphatic rings. The predicted molar refractivity (Wildman–Crippen MR) is 218 cm³/mol. The first-order valence-corrected chi connectivity index (χ1v) is 18.5. The first kappa shape index (κ1) is 26.8. The van der Waals surface area contributed by atoms with E-state index >= 15 is 0 Å². The van der Waals surface area contributed by atoms with Gasteiger partial charge in [0.05, 0.1) is 22.5 Å². The Kier molecular flexibility index (Phi) is 4.52. The van der Waals surface area contributed by atoms with Crippen LogP contribution in [-0.4, -0.2) is 0 Å². The molecule has 0 N–H and O–H groups in total. The number of benzene rings is 9. The molecule has 53 heavy (non-hydrogen) atoms. The highest BCUT2D eigenvalue weighted by atomic mass is 16.3. The van der Waals surface area contributed by atoms with Crippen LogP contribution >= 0.6 is 0 Å². The van der Waals surface area contributed by atoms with Gasteiger partial charge in [-0.15, -0.1) is 0 Å². The molecule has 0 unspecified atom stereocenters. The number of hydrogen-bond acceptors (Lipinski definition) is 2. The van der Waals surface area contributed by atoms with Crippen molar-refractivity contribution in [1.29, 1.82) is 0 Å². The highest BCUT2D eigenvalue weighted by molar-refractivity contribution is 6.27. The van der Waals surface area contributed by atoms with E-state index in [1.807, 2.05) is 0 Å². The van der Waals surface area contributed by atoms with E-state index in [0.29, 0.717) is 0 Å². The Bertz CT molecular complexity index is 3200. The van der Waals surface area contributed by atoms with E-state index in [0.717, 1.165) is 16.6 Å². The van der Waals surface area contributed by atoms with E-state index in [4.69, 9.17) is 4.42 Å². The van der Waals surface area contributed by atoms with Crippen LogP contribution in [0.2, 0.25) is 0 Å². The van der Waals surface area contributed by atoms with Crippen LogP contribution in [0.25, 0.3) is 88.0 Å². The second-order valence-corrected chi connectivity index (χ2v) is 15.1. The van der Waals surface area contributed by atoms with Crippen molar-refractivity contribution in [3.63, 3.8) is 0 Å². The molecule has 3 aliphatic heterocycles. The van der Waals surface area contributed by atoms with Crippen LogP contribution in [0.3, 0.4) is 0 Å². The van der Waals surface area contributed by atoms with Gasteiger partial charge in [-0.1, -0.05) is 140 Å². The quantitative estimate of drug-likeness (QED) is 0.173. The van der Waals surface area contributed by atoms with E-state index in [9.17, 15) is 0 Å². The second-order valence-electron chi connectivity index (χ2n) is 15.1. The lowest BCUT2D eigenvalue weighted by Gasteiger charge is -2.50. The Morgan fingerprint density at radius 3 is 1.55 bits per heavy atom. The summed E-state index contributed by atoms with van der Waals surface area (Å²) in [6.07, 6.45) is 0. The minimum atomic E-state index is -0.454. The molecule has 10 aromatic rings. The highest BCUT2D eigenvalue weighted by Crippen LogP contribution is 2.70. The summed E-state index contributed by atoms with van der Waals surface area (Å²) in [5.74, 6) is 0. The predicted octanol–water partition coefficient (Wildman–Crippen LogP) is 13.7. The minimum absolute atomic E-state index is 0.454. The lowest BCUT2D eigenvalue weighted by Crippen LogP contribution is -2.38. The van der Waals surface area contributed by atoms with E-state index in [1.165, 1.54) is 111 Å². The smallest absolute Gasteiger partial charge is 0.136 e. The topological polar surface area (TPSA) is 16.4 Å². The third-order valence-corrected chi connectivity index (χ3v) is 12.9. The summed E-state index contributed by atoms with van der Waals surface area (Å²) >= 11 is 0. The van der Waals surface area contributed by atoms with Gasteiger partial charge >= 0.3 is 0 Å². The molecule has 0 saturated heterocycles. The summed E-state index contributed by atoms with van der Waals surface area (Å²) in [5, 5.41) is 7.52. The molecule has 4 heterocycles. The third kappa shape index (κ3) is 2.90. The normalized spacial score (nSPS) is 14.5. The molecule has 0 atom stereocenters. The van der Waals surface area contributed by atoms with Gasteiger partial charge in [0.25, 0.3) is 0 Å². The van der Waals surface area contributed by atoms with Crippen molar-refractivity contribution in [2.24, 2.45) is 0 Å². The first-order valence-electron chi connectivity index (χ1n) is 18.5. The van der Waals surface area contributed by atoms with Gasteiger partial charge in [0.1, 0.15) is 11.2 Å². The molecule has 0 radical (unpaired) electrons. The van der Waals surface area contributed by atoms with Crippen molar-refractivity contribution in [1.82, 2.24) is 0 Å². The van der Waals surface area contributed by atoms with Gasteiger partial charge in [-0.3, -0.25) is 0 Å². The largest absolute Gasteiger partial charge is 0.456 e. The van der Waals surface area contributed by atoms with Crippen LogP contribution in [0, 0.1) is 0 Å². The standard InChI is InChI=1S/C51H27NO/c1-4-18-39-32(12-1)33-13-2-5-19-40(33)51(39)41-24-22-28-10-7-16-34-37-26-30(31-15-9-21-44-47(31)36-14-3-6-20-43(36)53-44)27-38-35-17-8-11-29-23-25-42(51)50(46(29)35)52(48(37)38)49(41)45(28)34/h1-27H. The van der Waals surface area contributed by atoms with Crippen molar-refractivity contribution in [2.45, 2.75) is 5.41 Å². The maximum absolute atomic E-state index is 6.41. The Morgan fingerprint density at radius 1 is 0.358 bits per heavy atom. The maximum atomic E-state index is 6.41. The van der Waals surface area contributed by atoms with Gasteiger partial charge < -0.3 is 9.32 Å². The summed E-state index contributed by atoms with van der Waals surface area (Å²) in [6, 6.07) is 61.5. The first-order chi connectivity index (χ1) is 26.3. The lowest BCUT2D eigenvalue weighted by molar-refractivity contribution is 0.669. The highest BCUT2D eigenvalue weighted by Gasteiger charge is 2.54. The van der Waals surface area contributed by atoms with Crippen LogP contribution in [0.15, 0.2) is 168 Å². The molecule has 242 valence electrons. The minimum Gasteiger partial charge on any atom is -0.456 e.